The Morgan fingerprint density at radius 2 is 1.95 bits per heavy atom. The van der Waals surface area contributed by atoms with Crippen LogP contribution in [0, 0.1) is 0 Å². The highest BCUT2D eigenvalue weighted by molar-refractivity contribution is 5.83. The number of aliphatic hydroxyl groups is 1. The van der Waals surface area contributed by atoms with Crippen LogP contribution >= 0.6 is 0 Å². The lowest BCUT2D eigenvalue weighted by Gasteiger charge is -2.12. The topological polar surface area (TPSA) is 60.9 Å². The summed E-state index contributed by atoms with van der Waals surface area (Å²) in [5.74, 6) is 0. The molecule has 3 N–H and O–H groups in total. The molecule has 2 aromatic carbocycles. The largest absolute Gasteiger partial charge is 0.387 e. The van der Waals surface area contributed by atoms with Gasteiger partial charge >= 0.3 is 0 Å². The van der Waals surface area contributed by atoms with E-state index in [1.54, 1.807) is 6.20 Å². The Hall–Kier alpha value is -2.17. The molecule has 0 fully saturated rings. The highest BCUT2D eigenvalue weighted by Crippen LogP contribution is 2.20. The molecule has 0 radical (unpaired) electrons. The van der Waals surface area contributed by atoms with E-state index in [1.165, 1.54) is 5.39 Å². The van der Waals surface area contributed by atoms with E-state index in [-0.39, 0.29) is 0 Å². The maximum Gasteiger partial charge on any atom is 0.0914 e. The summed E-state index contributed by atoms with van der Waals surface area (Å²) in [7, 11) is 0. The van der Waals surface area contributed by atoms with Gasteiger partial charge < -0.3 is 10.4 Å². The predicted molar refractivity (Wildman–Crippen MR) is 79.2 cm³/mol. The molecule has 20 heavy (non-hydrogen) atoms. The molecule has 3 rings (SSSR count). The molecule has 1 unspecified atom stereocenters. The monoisotopic (exact) mass is 267 g/mol. The number of hydrogen-bond donors (Lipinski definition) is 3. The van der Waals surface area contributed by atoms with Gasteiger partial charge in [0.25, 0.3) is 0 Å². The van der Waals surface area contributed by atoms with Crippen molar-refractivity contribution >= 4 is 10.8 Å². The molecular weight excluding hydrogens is 250 g/mol. The van der Waals surface area contributed by atoms with Gasteiger partial charge in [0.1, 0.15) is 0 Å². The SMILES string of the molecule is OC(CNCc1ccn[nH]1)c1ccc2ccccc2c1. The lowest BCUT2D eigenvalue weighted by Crippen LogP contribution is -2.21. The lowest BCUT2D eigenvalue weighted by atomic mass is 10.0. The van der Waals surface area contributed by atoms with Crippen molar-refractivity contribution in [3.63, 3.8) is 0 Å². The van der Waals surface area contributed by atoms with Crippen LogP contribution < -0.4 is 5.32 Å². The fraction of sp³-hybridized carbons (Fsp3) is 0.188. The second kappa shape index (κ2) is 5.86. The van der Waals surface area contributed by atoms with Crippen LogP contribution in [-0.4, -0.2) is 21.8 Å². The lowest BCUT2D eigenvalue weighted by molar-refractivity contribution is 0.174. The van der Waals surface area contributed by atoms with E-state index in [0.29, 0.717) is 13.1 Å². The summed E-state index contributed by atoms with van der Waals surface area (Å²) < 4.78 is 0. The molecular formula is C16H17N3O. The molecule has 0 spiro atoms. The van der Waals surface area contributed by atoms with Gasteiger partial charge in [0.2, 0.25) is 0 Å². The highest BCUT2D eigenvalue weighted by atomic mass is 16.3. The van der Waals surface area contributed by atoms with E-state index in [2.05, 4.69) is 27.6 Å². The van der Waals surface area contributed by atoms with Gasteiger partial charge in [-0.3, -0.25) is 5.10 Å². The zero-order valence-corrected chi connectivity index (χ0v) is 11.1. The zero-order chi connectivity index (χ0) is 13.8. The van der Waals surface area contributed by atoms with Crippen molar-refractivity contribution in [2.75, 3.05) is 6.54 Å². The third kappa shape index (κ3) is 2.87. The maximum atomic E-state index is 10.2. The Morgan fingerprint density at radius 3 is 2.75 bits per heavy atom. The van der Waals surface area contributed by atoms with Crippen molar-refractivity contribution in [1.29, 1.82) is 0 Å². The second-order valence-corrected chi connectivity index (χ2v) is 4.84. The Balaban J connectivity index is 1.64. The first-order valence-electron chi connectivity index (χ1n) is 6.68. The fourth-order valence-electron chi connectivity index (χ4n) is 2.26. The third-order valence-electron chi connectivity index (χ3n) is 3.37. The molecule has 4 heteroatoms. The van der Waals surface area contributed by atoms with Gasteiger partial charge in [-0.15, -0.1) is 0 Å². The van der Waals surface area contributed by atoms with E-state index in [0.717, 1.165) is 16.6 Å². The molecule has 0 aliphatic rings. The van der Waals surface area contributed by atoms with Crippen molar-refractivity contribution in [3.8, 4) is 0 Å². The first-order valence-corrected chi connectivity index (χ1v) is 6.68. The first kappa shape index (κ1) is 12.8. The number of hydrogen-bond acceptors (Lipinski definition) is 3. The molecule has 4 nitrogen and oxygen atoms in total. The molecule has 1 atom stereocenters. The van der Waals surface area contributed by atoms with Gasteiger partial charge in [0, 0.05) is 25.0 Å². The number of aromatic nitrogens is 2. The Morgan fingerprint density at radius 1 is 1.10 bits per heavy atom. The number of aliphatic hydroxyl groups excluding tert-OH is 1. The van der Waals surface area contributed by atoms with E-state index < -0.39 is 6.10 Å². The quantitative estimate of drug-likeness (QED) is 0.665. The van der Waals surface area contributed by atoms with Crippen LogP contribution in [0.15, 0.2) is 54.7 Å². The van der Waals surface area contributed by atoms with Crippen LogP contribution in [0.1, 0.15) is 17.4 Å². The minimum Gasteiger partial charge on any atom is -0.387 e. The molecule has 0 amide bonds. The number of fused-ring (bicyclic) bond motifs is 1. The summed E-state index contributed by atoms with van der Waals surface area (Å²) in [6.45, 7) is 1.18. The molecule has 0 aliphatic heterocycles. The summed E-state index contributed by atoms with van der Waals surface area (Å²) >= 11 is 0. The van der Waals surface area contributed by atoms with Crippen LogP contribution in [0.3, 0.4) is 0 Å². The average Bonchev–Trinajstić information content (AvgIpc) is 3.00. The van der Waals surface area contributed by atoms with Crippen molar-refractivity contribution in [1.82, 2.24) is 15.5 Å². The van der Waals surface area contributed by atoms with Crippen molar-refractivity contribution in [3.05, 3.63) is 66.0 Å². The van der Waals surface area contributed by atoms with Crippen molar-refractivity contribution in [2.24, 2.45) is 0 Å². The zero-order valence-electron chi connectivity index (χ0n) is 11.1. The fourth-order valence-corrected chi connectivity index (χ4v) is 2.26. The number of nitrogens with zero attached hydrogens (tertiary/aromatic N) is 1. The van der Waals surface area contributed by atoms with Crippen LogP contribution in [0.2, 0.25) is 0 Å². The standard InChI is InChI=1S/C16H17N3O/c20-16(11-17-10-15-7-8-18-19-15)14-6-5-12-3-1-2-4-13(12)9-14/h1-9,16-17,20H,10-11H2,(H,18,19). The molecule has 3 aromatic rings. The molecule has 0 saturated carbocycles. The Bertz CT molecular complexity index is 679. The van der Waals surface area contributed by atoms with Crippen molar-refractivity contribution < 1.29 is 5.11 Å². The average molecular weight is 267 g/mol. The third-order valence-corrected chi connectivity index (χ3v) is 3.37. The van der Waals surface area contributed by atoms with Gasteiger partial charge in [0.15, 0.2) is 0 Å². The molecule has 0 bridgehead atoms. The predicted octanol–water partition coefficient (Wildman–Crippen LogP) is 2.39. The van der Waals surface area contributed by atoms with Crippen LogP contribution in [0.5, 0.6) is 0 Å². The number of benzene rings is 2. The number of rotatable bonds is 5. The van der Waals surface area contributed by atoms with Gasteiger partial charge in [-0.1, -0.05) is 36.4 Å². The minimum absolute atomic E-state index is 0.511. The molecule has 0 aliphatic carbocycles. The molecule has 0 saturated heterocycles. The molecule has 1 heterocycles. The van der Waals surface area contributed by atoms with Crippen LogP contribution in [0.25, 0.3) is 10.8 Å². The van der Waals surface area contributed by atoms with Crippen LogP contribution in [0.4, 0.5) is 0 Å². The van der Waals surface area contributed by atoms with Gasteiger partial charge in [-0.05, 0) is 28.5 Å². The maximum absolute atomic E-state index is 10.2. The Labute approximate surface area is 117 Å². The molecule has 1 aromatic heterocycles. The van der Waals surface area contributed by atoms with Gasteiger partial charge in [-0.25, -0.2) is 0 Å². The van der Waals surface area contributed by atoms with Gasteiger partial charge in [-0.2, -0.15) is 5.10 Å². The number of nitrogens with one attached hydrogen (secondary N) is 2. The summed E-state index contributed by atoms with van der Waals surface area (Å²) in [6, 6.07) is 16.1. The summed E-state index contributed by atoms with van der Waals surface area (Å²) in [5, 5.41) is 22.5. The number of aromatic amines is 1. The van der Waals surface area contributed by atoms with E-state index in [1.807, 2.05) is 36.4 Å². The Kier molecular flexibility index (Phi) is 3.76. The minimum atomic E-state index is -0.512. The second-order valence-electron chi connectivity index (χ2n) is 4.84. The molecule has 102 valence electrons. The first-order chi connectivity index (χ1) is 9.83. The normalized spacial score (nSPS) is 12.7. The summed E-state index contributed by atoms with van der Waals surface area (Å²) in [5.41, 5.74) is 1.94. The van der Waals surface area contributed by atoms with Gasteiger partial charge in [0.05, 0.1) is 6.10 Å². The van der Waals surface area contributed by atoms with E-state index in [9.17, 15) is 5.11 Å². The number of H-pyrrole nitrogens is 1. The van der Waals surface area contributed by atoms with Crippen molar-refractivity contribution in [2.45, 2.75) is 12.6 Å². The van der Waals surface area contributed by atoms with E-state index in [4.69, 9.17) is 0 Å². The summed E-state index contributed by atoms with van der Waals surface area (Å²) in [6.07, 6.45) is 1.21. The smallest absolute Gasteiger partial charge is 0.0914 e. The highest BCUT2D eigenvalue weighted by Gasteiger charge is 2.07. The summed E-state index contributed by atoms with van der Waals surface area (Å²) in [4.78, 5) is 0. The van der Waals surface area contributed by atoms with E-state index >= 15 is 0 Å². The van der Waals surface area contributed by atoms with Crippen LogP contribution in [-0.2, 0) is 6.54 Å².